The van der Waals surface area contributed by atoms with Gasteiger partial charge in [0.25, 0.3) is 0 Å². The van der Waals surface area contributed by atoms with E-state index in [1.54, 1.807) is 12.1 Å². The van der Waals surface area contributed by atoms with Crippen molar-refractivity contribution < 1.29 is 9.50 Å². The van der Waals surface area contributed by atoms with E-state index in [0.717, 1.165) is 16.6 Å². The van der Waals surface area contributed by atoms with Crippen LogP contribution in [-0.4, -0.2) is 10.1 Å². The van der Waals surface area contributed by atoms with Crippen LogP contribution in [0, 0.1) is 17.1 Å². The number of phenolic OH excluding ortho intramolecular Hbond substituents is 1. The SMILES string of the molecule is N#Cc1cnc2ccc(NCc3ccc(O)c(Br)c3)cc2c1Nc1ccc(F)c(Cl)c1. The number of pyridine rings is 1. The van der Waals surface area contributed by atoms with E-state index in [1.807, 2.05) is 30.3 Å². The van der Waals surface area contributed by atoms with Gasteiger partial charge >= 0.3 is 0 Å². The molecule has 4 aromatic rings. The van der Waals surface area contributed by atoms with E-state index < -0.39 is 5.82 Å². The highest BCUT2D eigenvalue weighted by Gasteiger charge is 2.11. The zero-order chi connectivity index (χ0) is 22.0. The lowest BCUT2D eigenvalue weighted by molar-refractivity contribution is 0.471. The van der Waals surface area contributed by atoms with E-state index in [2.05, 4.69) is 37.6 Å². The van der Waals surface area contributed by atoms with Crippen molar-refractivity contribution in [3.8, 4) is 11.8 Å². The molecule has 3 N–H and O–H groups in total. The molecule has 4 rings (SSSR count). The maximum Gasteiger partial charge on any atom is 0.141 e. The van der Waals surface area contributed by atoms with Gasteiger partial charge < -0.3 is 15.7 Å². The van der Waals surface area contributed by atoms with Crippen molar-refractivity contribution in [3.63, 3.8) is 0 Å². The van der Waals surface area contributed by atoms with Gasteiger partial charge in [-0.25, -0.2) is 4.39 Å². The molecule has 1 heterocycles. The van der Waals surface area contributed by atoms with Gasteiger partial charge in [-0.2, -0.15) is 5.26 Å². The average molecular weight is 498 g/mol. The zero-order valence-corrected chi connectivity index (χ0v) is 18.3. The molecule has 5 nitrogen and oxygen atoms in total. The Labute approximate surface area is 191 Å². The molecular formula is C23H15BrClFN4O. The predicted octanol–water partition coefficient (Wildman–Crippen LogP) is 6.72. The number of halogens is 3. The minimum Gasteiger partial charge on any atom is -0.507 e. The van der Waals surface area contributed by atoms with Gasteiger partial charge in [0.1, 0.15) is 17.6 Å². The highest BCUT2D eigenvalue weighted by molar-refractivity contribution is 9.10. The number of hydrogen-bond acceptors (Lipinski definition) is 5. The van der Waals surface area contributed by atoms with Gasteiger partial charge in [-0.1, -0.05) is 17.7 Å². The lowest BCUT2D eigenvalue weighted by atomic mass is 10.1. The van der Waals surface area contributed by atoms with Crippen LogP contribution in [0.1, 0.15) is 11.1 Å². The standard InChI is InChI=1S/C23H15BrClFN4O/c24-18-7-13(1-6-22(18)31)11-28-15-3-5-21-17(8-15)23(14(10-27)12-29-21)30-16-2-4-20(26)19(25)9-16/h1-9,12,28,31H,11H2,(H,29,30). The number of aromatic hydroxyl groups is 1. The number of hydrogen-bond donors (Lipinski definition) is 3. The Morgan fingerprint density at radius 3 is 2.65 bits per heavy atom. The van der Waals surface area contributed by atoms with Crippen molar-refractivity contribution in [2.24, 2.45) is 0 Å². The first-order valence-electron chi connectivity index (χ1n) is 9.21. The van der Waals surface area contributed by atoms with Gasteiger partial charge in [-0.15, -0.1) is 0 Å². The van der Waals surface area contributed by atoms with E-state index in [9.17, 15) is 14.8 Å². The molecule has 0 bridgehead atoms. The highest BCUT2D eigenvalue weighted by Crippen LogP contribution is 2.32. The van der Waals surface area contributed by atoms with E-state index in [4.69, 9.17) is 11.6 Å². The molecule has 0 saturated carbocycles. The number of aromatic nitrogens is 1. The minimum absolute atomic E-state index is 0.00992. The fraction of sp³-hybridized carbons (Fsp3) is 0.0435. The summed E-state index contributed by atoms with van der Waals surface area (Å²) >= 11 is 9.21. The van der Waals surface area contributed by atoms with Crippen LogP contribution in [0.15, 0.2) is 65.3 Å². The third-order valence-electron chi connectivity index (χ3n) is 4.69. The van der Waals surface area contributed by atoms with Gasteiger partial charge in [0.05, 0.1) is 26.3 Å². The average Bonchev–Trinajstić information content (AvgIpc) is 2.77. The van der Waals surface area contributed by atoms with Crippen LogP contribution in [0.3, 0.4) is 0 Å². The fourth-order valence-corrected chi connectivity index (χ4v) is 3.71. The number of phenols is 1. The Morgan fingerprint density at radius 1 is 1.10 bits per heavy atom. The van der Waals surface area contributed by atoms with Gasteiger partial charge in [0.2, 0.25) is 0 Å². The lowest BCUT2D eigenvalue weighted by Gasteiger charge is -2.14. The van der Waals surface area contributed by atoms with Crippen LogP contribution in [0.5, 0.6) is 5.75 Å². The molecular weight excluding hydrogens is 483 g/mol. The molecule has 0 fully saturated rings. The Bertz CT molecular complexity index is 1340. The van der Waals surface area contributed by atoms with Crippen LogP contribution >= 0.6 is 27.5 Å². The second kappa shape index (κ2) is 8.80. The molecule has 0 unspecified atom stereocenters. The molecule has 154 valence electrons. The molecule has 3 aromatic carbocycles. The van der Waals surface area contributed by atoms with E-state index in [-0.39, 0.29) is 10.8 Å². The van der Waals surface area contributed by atoms with Crippen molar-refractivity contribution >= 4 is 55.5 Å². The Balaban J connectivity index is 1.68. The van der Waals surface area contributed by atoms with Crippen molar-refractivity contribution in [1.29, 1.82) is 5.26 Å². The molecule has 0 aliphatic carbocycles. The van der Waals surface area contributed by atoms with Crippen LogP contribution in [0.25, 0.3) is 10.9 Å². The minimum atomic E-state index is -0.514. The van der Waals surface area contributed by atoms with Gasteiger partial charge in [-0.3, -0.25) is 4.98 Å². The van der Waals surface area contributed by atoms with Crippen molar-refractivity contribution in [3.05, 3.63) is 87.2 Å². The first kappa shape index (κ1) is 20.9. The van der Waals surface area contributed by atoms with Crippen LogP contribution in [0.2, 0.25) is 5.02 Å². The van der Waals surface area contributed by atoms with E-state index in [1.165, 1.54) is 18.3 Å². The predicted molar refractivity (Wildman–Crippen MR) is 124 cm³/mol. The zero-order valence-electron chi connectivity index (χ0n) is 16.0. The second-order valence-electron chi connectivity index (χ2n) is 6.78. The maximum absolute atomic E-state index is 13.5. The third-order valence-corrected chi connectivity index (χ3v) is 5.61. The van der Waals surface area contributed by atoms with Crippen molar-refractivity contribution in [1.82, 2.24) is 4.98 Å². The number of fused-ring (bicyclic) bond motifs is 1. The number of nitrogens with one attached hydrogen (secondary N) is 2. The number of nitrogens with zero attached hydrogens (tertiary/aromatic N) is 2. The second-order valence-corrected chi connectivity index (χ2v) is 8.05. The monoisotopic (exact) mass is 496 g/mol. The summed E-state index contributed by atoms with van der Waals surface area (Å²) in [7, 11) is 0. The Morgan fingerprint density at radius 2 is 1.90 bits per heavy atom. The number of anilines is 3. The number of nitriles is 1. The first-order chi connectivity index (χ1) is 14.9. The maximum atomic E-state index is 13.5. The Kier molecular flexibility index (Phi) is 5.94. The number of rotatable bonds is 5. The van der Waals surface area contributed by atoms with Crippen molar-refractivity contribution in [2.75, 3.05) is 10.6 Å². The molecule has 0 atom stereocenters. The Hall–Kier alpha value is -3.34. The molecule has 8 heteroatoms. The van der Waals surface area contributed by atoms with Crippen LogP contribution < -0.4 is 10.6 Å². The molecule has 0 spiro atoms. The van der Waals surface area contributed by atoms with E-state index in [0.29, 0.717) is 33.5 Å². The summed E-state index contributed by atoms with van der Waals surface area (Å²) in [5.41, 5.74) is 3.98. The first-order valence-corrected chi connectivity index (χ1v) is 10.4. The molecule has 31 heavy (non-hydrogen) atoms. The van der Waals surface area contributed by atoms with Gasteiger partial charge in [0, 0.05) is 29.5 Å². The molecule has 0 aliphatic heterocycles. The largest absolute Gasteiger partial charge is 0.507 e. The quantitative estimate of drug-likeness (QED) is 0.285. The highest BCUT2D eigenvalue weighted by atomic mass is 79.9. The summed E-state index contributed by atoms with van der Waals surface area (Å²) in [6, 6.07) is 17.4. The fourth-order valence-electron chi connectivity index (χ4n) is 3.10. The smallest absolute Gasteiger partial charge is 0.141 e. The number of benzene rings is 3. The summed E-state index contributed by atoms with van der Waals surface area (Å²) in [6.45, 7) is 0.534. The summed E-state index contributed by atoms with van der Waals surface area (Å²) < 4.78 is 14.1. The van der Waals surface area contributed by atoms with Gasteiger partial charge in [0.15, 0.2) is 0 Å². The molecule has 0 amide bonds. The van der Waals surface area contributed by atoms with Crippen LogP contribution in [-0.2, 0) is 6.54 Å². The van der Waals surface area contributed by atoms with Gasteiger partial charge in [-0.05, 0) is 70.0 Å². The summed E-state index contributed by atoms with van der Waals surface area (Å²) in [5.74, 6) is -0.333. The normalized spacial score (nSPS) is 10.6. The summed E-state index contributed by atoms with van der Waals surface area (Å²) in [5, 5.41) is 26.4. The molecule has 0 saturated heterocycles. The summed E-state index contributed by atoms with van der Waals surface area (Å²) in [4.78, 5) is 4.36. The lowest BCUT2D eigenvalue weighted by Crippen LogP contribution is -2.01. The topological polar surface area (TPSA) is 81.0 Å². The van der Waals surface area contributed by atoms with Crippen molar-refractivity contribution in [2.45, 2.75) is 6.54 Å². The summed E-state index contributed by atoms with van der Waals surface area (Å²) in [6.07, 6.45) is 1.50. The molecule has 0 aliphatic rings. The van der Waals surface area contributed by atoms with E-state index >= 15 is 0 Å². The molecule has 1 aromatic heterocycles. The molecule has 0 radical (unpaired) electrons. The third kappa shape index (κ3) is 4.55. The van der Waals surface area contributed by atoms with Crippen LogP contribution in [0.4, 0.5) is 21.5 Å².